The number of nitrogens with zero attached hydrogens (tertiary/aromatic N) is 2. The Balaban J connectivity index is 1.44. The molecule has 4 aromatic rings. The van der Waals surface area contributed by atoms with E-state index in [2.05, 4.69) is 32.6 Å². The molecule has 0 aliphatic carbocycles. The van der Waals surface area contributed by atoms with Gasteiger partial charge in [-0.25, -0.2) is 4.98 Å². The van der Waals surface area contributed by atoms with Crippen molar-refractivity contribution < 1.29 is 14.3 Å². The van der Waals surface area contributed by atoms with Crippen molar-refractivity contribution >= 4 is 17.7 Å². The quantitative estimate of drug-likeness (QED) is 0.287. The van der Waals surface area contributed by atoms with Gasteiger partial charge in [0.1, 0.15) is 11.5 Å². The number of aromatic amines is 1. The lowest BCUT2D eigenvalue weighted by molar-refractivity contribution is -0.121. The van der Waals surface area contributed by atoms with E-state index in [9.17, 15) is 4.79 Å². The van der Waals surface area contributed by atoms with Gasteiger partial charge in [-0.3, -0.25) is 9.89 Å². The fourth-order valence-corrected chi connectivity index (χ4v) is 4.61. The number of thioether (sulfide) groups is 1. The minimum Gasteiger partial charge on any atom is -0.497 e. The number of amides is 1. The second-order valence-corrected chi connectivity index (χ2v) is 9.03. The van der Waals surface area contributed by atoms with Gasteiger partial charge in [0.2, 0.25) is 11.1 Å². The first-order valence-electron chi connectivity index (χ1n) is 11.3. The van der Waals surface area contributed by atoms with Crippen LogP contribution in [0, 0.1) is 0 Å². The van der Waals surface area contributed by atoms with E-state index in [0.29, 0.717) is 23.9 Å². The largest absolute Gasteiger partial charge is 0.497 e. The SMILES string of the molecule is COc1ccc(-c2nc(S[C@H](CC(=O)NCCc3ccccc3)c3ccc(OC)cc3)n[nH]2)cc1. The molecule has 8 heteroatoms. The number of carbonyl (C=O) groups is 1. The first-order chi connectivity index (χ1) is 17.1. The standard InChI is InChI=1S/C27H28N4O3S/c1-33-22-12-8-20(9-13-22)24(18-25(32)28-17-16-19-6-4-3-5-7-19)35-27-29-26(30-31-27)21-10-14-23(34-2)15-11-21/h3-15,24H,16-18H2,1-2H3,(H,28,32)(H,29,30,31)/t24-/m1/s1. The number of nitrogens with one attached hydrogen (secondary N) is 2. The van der Waals surface area contributed by atoms with Crippen LogP contribution in [0.1, 0.15) is 22.8 Å². The van der Waals surface area contributed by atoms with Crippen LogP contribution in [0.15, 0.2) is 84.0 Å². The number of rotatable bonds is 11. The lowest BCUT2D eigenvalue weighted by Crippen LogP contribution is -2.26. The van der Waals surface area contributed by atoms with E-state index in [1.54, 1.807) is 14.2 Å². The van der Waals surface area contributed by atoms with Gasteiger partial charge in [0.15, 0.2) is 5.82 Å². The van der Waals surface area contributed by atoms with E-state index in [1.807, 2.05) is 66.7 Å². The number of hydrogen-bond acceptors (Lipinski definition) is 6. The molecule has 0 fully saturated rings. The summed E-state index contributed by atoms with van der Waals surface area (Å²) in [7, 11) is 3.27. The Hall–Kier alpha value is -3.78. The monoisotopic (exact) mass is 488 g/mol. The molecule has 3 aromatic carbocycles. The molecular weight excluding hydrogens is 460 g/mol. The summed E-state index contributed by atoms with van der Waals surface area (Å²) in [6.07, 6.45) is 1.09. The second-order valence-electron chi connectivity index (χ2n) is 7.86. The molecule has 0 saturated heterocycles. The number of methoxy groups -OCH3 is 2. The third-order valence-corrected chi connectivity index (χ3v) is 6.63. The Morgan fingerprint density at radius 1 is 0.943 bits per heavy atom. The summed E-state index contributed by atoms with van der Waals surface area (Å²) < 4.78 is 10.5. The number of benzene rings is 3. The third kappa shape index (κ3) is 6.86. The molecule has 180 valence electrons. The number of carbonyl (C=O) groups excluding carboxylic acids is 1. The Kier molecular flexibility index (Phi) is 8.40. The molecule has 0 saturated carbocycles. The van der Waals surface area contributed by atoms with Crippen LogP contribution in [0.5, 0.6) is 11.5 Å². The lowest BCUT2D eigenvalue weighted by Gasteiger charge is -2.16. The minimum absolute atomic E-state index is 0.0137. The van der Waals surface area contributed by atoms with Gasteiger partial charge in [0.05, 0.1) is 14.2 Å². The van der Waals surface area contributed by atoms with Crippen molar-refractivity contribution in [3.8, 4) is 22.9 Å². The minimum atomic E-state index is -0.155. The molecular formula is C27H28N4O3S. The van der Waals surface area contributed by atoms with Crippen LogP contribution in [0.4, 0.5) is 0 Å². The molecule has 35 heavy (non-hydrogen) atoms. The van der Waals surface area contributed by atoms with Gasteiger partial charge in [-0.05, 0) is 53.9 Å². The van der Waals surface area contributed by atoms with Crippen LogP contribution in [0.25, 0.3) is 11.4 Å². The average Bonchev–Trinajstić information content (AvgIpc) is 3.37. The molecule has 0 unspecified atom stereocenters. The zero-order valence-electron chi connectivity index (χ0n) is 19.7. The molecule has 0 aliphatic rings. The van der Waals surface area contributed by atoms with Gasteiger partial charge in [0, 0.05) is 23.8 Å². The Morgan fingerprint density at radius 3 is 2.26 bits per heavy atom. The predicted octanol–water partition coefficient (Wildman–Crippen LogP) is 5.07. The Bertz CT molecular complexity index is 1210. The maximum Gasteiger partial charge on any atom is 0.221 e. The van der Waals surface area contributed by atoms with Crippen LogP contribution in [-0.4, -0.2) is 41.9 Å². The molecule has 0 spiro atoms. The Morgan fingerprint density at radius 2 is 1.60 bits per heavy atom. The highest BCUT2D eigenvalue weighted by Gasteiger charge is 2.20. The van der Waals surface area contributed by atoms with Crippen molar-refractivity contribution in [1.29, 1.82) is 0 Å². The van der Waals surface area contributed by atoms with Crippen LogP contribution in [-0.2, 0) is 11.2 Å². The number of H-pyrrole nitrogens is 1. The van der Waals surface area contributed by atoms with Gasteiger partial charge >= 0.3 is 0 Å². The molecule has 0 bridgehead atoms. The molecule has 1 aromatic heterocycles. The summed E-state index contributed by atoms with van der Waals surface area (Å²) in [4.78, 5) is 17.5. The Labute approximate surface area is 209 Å². The topological polar surface area (TPSA) is 89.1 Å². The number of ether oxygens (including phenoxy) is 2. The first-order valence-corrected chi connectivity index (χ1v) is 12.2. The van der Waals surface area contributed by atoms with E-state index in [0.717, 1.165) is 29.0 Å². The molecule has 0 radical (unpaired) electrons. The fraction of sp³-hybridized carbons (Fsp3) is 0.222. The summed E-state index contributed by atoms with van der Waals surface area (Å²) in [6, 6.07) is 25.5. The van der Waals surface area contributed by atoms with Crippen molar-refractivity contribution in [2.24, 2.45) is 0 Å². The second kappa shape index (κ2) is 12.1. The van der Waals surface area contributed by atoms with Crippen LogP contribution >= 0.6 is 11.8 Å². The predicted molar refractivity (Wildman–Crippen MR) is 138 cm³/mol. The molecule has 2 N–H and O–H groups in total. The highest BCUT2D eigenvalue weighted by molar-refractivity contribution is 7.99. The molecule has 7 nitrogen and oxygen atoms in total. The molecule has 0 aliphatic heterocycles. The normalized spacial score (nSPS) is 11.6. The summed E-state index contributed by atoms with van der Waals surface area (Å²) in [5.74, 6) is 2.20. The van der Waals surface area contributed by atoms with Crippen molar-refractivity contribution in [3.05, 3.63) is 90.0 Å². The highest BCUT2D eigenvalue weighted by atomic mass is 32.2. The first kappa shape index (κ1) is 24.3. The van der Waals surface area contributed by atoms with Gasteiger partial charge < -0.3 is 14.8 Å². The van der Waals surface area contributed by atoms with Crippen molar-refractivity contribution in [2.75, 3.05) is 20.8 Å². The van der Waals surface area contributed by atoms with Gasteiger partial charge in [-0.15, -0.1) is 5.10 Å². The van der Waals surface area contributed by atoms with E-state index in [-0.39, 0.29) is 11.2 Å². The van der Waals surface area contributed by atoms with Crippen molar-refractivity contribution in [3.63, 3.8) is 0 Å². The maximum absolute atomic E-state index is 12.8. The number of aromatic nitrogens is 3. The van der Waals surface area contributed by atoms with E-state index >= 15 is 0 Å². The van der Waals surface area contributed by atoms with Crippen molar-refractivity contribution in [1.82, 2.24) is 20.5 Å². The van der Waals surface area contributed by atoms with Crippen LogP contribution < -0.4 is 14.8 Å². The van der Waals surface area contributed by atoms with E-state index in [1.165, 1.54) is 17.3 Å². The van der Waals surface area contributed by atoms with E-state index < -0.39 is 0 Å². The third-order valence-electron chi connectivity index (χ3n) is 5.51. The zero-order chi connectivity index (χ0) is 24.5. The lowest BCUT2D eigenvalue weighted by atomic mass is 10.1. The maximum atomic E-state index is 12.8. The molecule has 4 rings (SSSR count). The average molecular weight is 489 g/mol. The fourth-order valence-electron chi connectivity index (χ4n) is 3.58. The molecule has 1 amide bonds. The highest BCUT2D eigenvalue weighted by Crippen LogP contribution is 2.37. The summed E-state index contributed by atoms with van der Waals surface area (Å²) in [6.45, 7) is 0.588. The molecule has 1 heterocycles. The number of hydrogen-bond donors (Lipinski definition) is 2. The van der Waals surface area contributed by atoms with Gasteiger partial charge in [-0.1, -0.05) is 54.2 Å². The summed E-state index contributed by atoms with van der Waals surface area (Å²) in [5.41, 5.74) is 3.11. The molecule has 1 atom stereocenters. The van der Waals surface area contributed by atoms with Crippen LogP contribution in [0.3, 0.4) is 0 Å². The smallest absolute Gasteiger partial charge is 0.221 e. The van der Waals surface area contributed by atoms with Gasteiger partial charge in [-0.2, -0.15) is 0 Å². The summed E-state index contributed by atoms with van der Waals surface area (Å²) in [5, 5.41) is 10.8. The van der Waals surface area contributed by atoms with Crippen LogP contribution in [0.2, 0.25) is 0 Å². The van der Waals surface area contributed by atoms with Gasteiger partial charge in [0.25, 0.3) is 0 Å². The summed E-state index contributed by atoms with van der Waals surface area (Å²) >= 11 is 1.46. The van der Waals surface area contributed by atoms with Crippen molar-refractivity contribution in [2.45, 2.75) is 23.2 Å². The van der Waals surface area contributed by atoms with E-state index in [4.69, 9.17) is 9.47 Å². The zero-order valence-corrected chi connectivity index (χ0v) is 20.5.